The molecule has 1 amide bonds. The van der Waals surface area contributed by atoms with E-state index in [0.717, 1.165) is 19.3 Å². The monoisotopic (exact) mass is 188 g/mol. The van der Waals surface area contributed by atoms with Gasteiger partial charge in [-0.15, -0.1) is 11.6 Å². The Morgan fingerprint density at radius 1 is 1.33 bits per heavy atom. The second kappa shape index (κ2) is 3.23. The molecule has 2 aliphatic rings. The van der Waals surface area contributed by atoms with Crippen LogP contribution in [0.15, 0.2) is 0 Å². The molecule has 2 fully saturated rings. The number of nitrogens with one attached hydrogen (secondary N) is 2. The average molecular weight is 189 g/mol. The summed E-state index contributed by atoms with van der Waals surface area (Å²) in [4.78, 5) is 11.3. The van der Waals surface area contributed by atoms with E-state index in [1.54, 1.807) is 0 Å². The van der Waals surface area contributed by atoms with Crippen LogP contribution in [0.5, 0.6) is 0 Å². The fourth-order valence-corrected chi connectivity index (χ4v) is 2.53. The van der Waals surface area contributed by atoms with Crippen molar-refractivity contribution >= 4 is 17.5 Å². The number of carbonyl (C=O) groups is 1. The topological polar surface area (TPSA) is 41.1 Å². The molecule has 1 saturated heterocycles. The zero-order valence-electron chi connectivity index (χ0n) is 6.85. The van der Waals surface area contributed by atoms with Crippen LogP contribution in [0.1, 0.15) is 25.7 Å². The van der Waals surface area contributed by atoms with Gasteiger partial charge in [0.1, 0.15) is 5.50 Å². The molecule has 0 bridgehead atoms. The third-order valence-corrected chi connectivity index (χ3v) is 3.30. The fraction of sp³-hybridized carbons (Fsp3) is 0.875. The molecule has 1 aliphatic heterocycles. The van der Waals surface area contributed by atoms with E-state index in [2.05, 4.69) is 10.9 Å². The molecular formula is C8H13ClN2O. The minimum atomic E-state index is -0.0759. The van der Waals surface area contributed by atoms with E-state index in [9.17, 15) is 4.79 Å². The summed E-state index contributed by atoms with van der Waals surface area (Å²) < 4.78 is 0. The highest BCUT2D eigenvalue weighted by Crippen LogP contribution is 2.35. The van der Waals surface area contributed by atoms with Crippen LogP contribution in [-0.2, 0) is 4.79 Å². The smallest absolute Gasteiger partial charge is 0.237 e. The van der Waals surface area contributed by atoms with Gasteiger partial charge in [0.2, 0.25) is 5.91 Å². The Hall–Kier alpha value is -0.280. The summed E-state index contributed by atoms with van der Waals surface area (Å²) in [7, 11) is 0. The van der Waals surface area contributed by atoms with Crippen molar-refractivity contribution in [2.24, 2.45) is 11.8 Å². The van der Waals surface area contributed by atoms with E-state index in [0.29, 0.717) is 5.92 Å². The van der Waals surface area contributed by atoms with E-state index in [1.165, 1.54) is 6.42 Å². The maximum absolute atomic E-state index is 11.3. The van der Waals surface area contributed by atoms with Gasteiger partial charge in [-0.3, -0.25) is 10.2 Å². The molecule has 0 spiro atoms. The Labute approximate surface area is 76.8 Å². The first-order chi connectivity index (χ1) is 5.79. The first kappa shape index (κ1) is 8.32. The zero-order chi connectivity index (χ0) is 8.55. The molecule has 3 nitrogen and oxygen atoms in total. The minimum Gasteiger partial charge on any atom is -0.290 e. The number of hydrogen-bond acceptors (Lipinski definition) is 2. The van der Waals surface area contributed by atoms with Gasteiger partial charge in [-0.05, 0) is 12.8 Å². The van der Waals surface area contributed by atoms with E-state index in [-0.39, 0.29) is 17.3 Å². The summed E-state index contributed by atoms with van der Waals surface area (Å²) in [6.07, 6.45) is 4.46. The summed E-state index contributed by atoms with van der Waals surface area (Å²) in [5, 5.41) is 0. The van der Waals surface area contributed by atoms with Crippen LogP contribution < -0.4 is 10.9 Å². The number of hydrogen-bond donors (Lipinski definition) is 2. The number of halogens is 1. The number of hydrazine groups is 1. The molecule has 0 aromatic heterocycles. The maximum Gasteiger partial charge on any atom is 0.237 e. The predicted octanol–water partition coefficient (Wildman–Crippen LogP) is 0.992. The fourth-order valence-electron chi connectivity index (χ4n) is 2.18. The van der Waals surface area contributed by atoms with Gasteiger partial charge in [0.25, 0.3) is 0 Å². The number of alkyl halides is 1. The molecule has 68 valence electrons. The van der Waals surface area contributed by atoms with Crippen molar-refractivity contribution in [1.29, 1.82) is 0 Å². The van der Waals surface area contributed by atoms with Crippen LogP contribution in [0.2, 0.25) is 0 Å². The van der Waals surface area contributed by atoms with Gasteiger partial charge < -0.3 is 0 Å². The lowest BCUT2D eigenvalue weighted by molar-refractivity contribution is -0.132. The predicted molar refractivity (Wildman–Crippen MR) is 46.4 cm³/mol. The molecular weight excluding hydrogens is 176 g/mol. The first-order valence-corrected chi connectivity index (χ1v) is 4.92. The lowest BCUT2D eigenvalue weighted by Gasteiger charge is -2.38. The van der Waals surface area contributed by atoms with Crippen molar-refractivity contribution in [2.45, 2.75) is 31.2 Å². The van der Waals surface area contributed by atoms with Gasteiger partial charge >= 0.3 is 0 Å². The van der Waals surface area contributed by atoms with Gasteiger partial charge in [-0.25, -0.2) is 5.43 Å². The normalized spacial score (nSPS) is 41.8. The van der Waals surface area contributed by atoms with Gasteiger partial charge in [0, 0.05) is 11.8 Å². The van der Waals surface area contributed by atoms with Gasteiger partial charge in [-0.2, -0.15) is 0 Å². The number of rotatable bonds is 0. The molecule has 2 N–H and O–H groups in total. The first-order valence-electron chi connectivity index (χ1n) is 4.48. The number of fused-ring (bicyclic) bond motifs is 1. The maximum atomic E-state index is 11.3. The third kappa shape index (κ3) is 1.31. The summed E-state index contributed by atoms with van der Waals surface area (Å²) in [5.41, 5.74) is 5.33. The van der Waals surface area contributed by atoms with Crippen LogP contribution in [0.4, 0.5) is 0 Å². The standard InChI is InChI=1S/C8H13ClN2O/c9-7-5-3-1-2-4-6(5)8(12)11-10-7/h5-7,10H,1-4H2,(H,11,12). The summed E-state index contributed by atoms with van der Waals surface area (Å²) in [6.45, 7) is 0. The van der Waals surface area contributed by atoms with Gasteiger partial charge in [0.05, 0.1) is 0 Å². The van der Waals surface area contributed by atoms with Crippen LogP contribution in [0, 0.1) is 11.8 Å². The number of amides is 1. The van der Waals surface area contributed by atoms with Crippen molar-refractivity contribution in [2.75, 3.05) is 0 Å². The molecule has 12 heavy (non-hydrogen) atoms. The van der Waals surface area contributed by atoms with Crippen molar-refractivity contribution in [1.82, 2.24) is 10.9 Å². The quantitative estimate of drug-likeness (QED) is 0.440. The molecule has 0 aromatic rings. The summed E-state index contributed by atoms with van der Waals surface area (Å²) in [5.74, 6) is 0.619. The van der Waals surface area contributed by atoms with Crippen LogP contribution in [0.25, 0.3) is 0 Å². The molecule has 3 unspecified atom stereocenters. The molecule has 2 rings (SSSR count). The Morgan fingerprint density at radius 2 is 2.08 bits per heavy atom. The van der Waals surface area contributed by atoms with Crippen molar-refractivity contribution < 1.29 is 4.79 Å². The highest BCUT2D eigenvalue weighted by Gasteiger charge is 2.38. The number of carbonyl (C=O) groups excluding carboxylic acids is 1. The van der Waals surface area contributed by atoms with Crippen LogP contribution >= 0.6 is 11.6 Å². The van der Waals surface area contributed by atoms with E-state index >= 15 is 0 Å². The highest BCUT2D eigenvalue weighted by atomic mass is 35.5. The Morgan fingerprint density at radius 3 is 2.83 bits per heavy atom. The van der Waals surface area contributed by atoms with Gasteiger partial charge in [-0.1, -0.05) is 12.8 Å². The Balaban J connectivity index is 2.11. The Kier molecular flexibility index (Phi) is 2.24. The zero-order valence-corrected chi connectivity index (χ0v) is 7.60. The van der Waals surface area contributed by atoms with Crippen molar-refractivity contribution in [3.8, 4) is 0 Å². The van der Waals surface area contributed by atoms with Crippen molar-refractivity contribution in [3.63, 3.8) is 0 Å². The Bertz CT molecular complexity index is 197. The van der Waals surface area contributed by atoms with Crippen LogP contribution in [0.3, 0.4) is 0 Å². The SMILES string of the molecule is O=C1NNC(Cl)C2CCCCC12. The molecule has 3 atom stereocenters. The van der Waals surface area contributed by atoms with E-state index in [1.807, 2.05) is 0 Å². The molecule has 1 aliphatic carbocycles. The average Bonchev–Trinajstić information content (AvgIpc) is 2.12. The molecule has 0 radical (unpaired) electrons. The van der Waals surface area contributed by atoms with Crippen LogP contribution in [-0.4, -0.2) is 11.4 Å². The third-order valence-electron chi connectivity index (χ3n) is 2.87. The summed E-state index contributed by atoms with van der Waals surface area (Å²) in [6, 6.07) is 0. The molecule has 1 saturated carbocycles. The highest BCUT2D eigenvalue weighted by molar-refractivity contribution is 6.21. The van der Waals surface area contributed by atoms with Crippen molar-refractivity contribution in [3.05, 3.63) is 0 Å². The van der Waals surface area contributed by atoms with Gasteiger partial charge in [0.15, 0.2) is 0 Å². The second-order valence-electron chi connectivity index (χ2n) is 3.59. The minimum absolute atomic E-state index is 0.0759. The lowest BCUT2D eigenvalue weighted by atomic mass is 9.78. The molecule has 4 heteroatoms. The molecule has 0 aromatic carbocycles. The lowest BCUT2D eigenvalue weighted by Crippen LogP contribution is -2.57. The molecule has 1 heterocycles. The van der Waals surface area contributed by atoms with E-state index in [4.69, 9.17) is 11.6 Å². The van der Waals surface area contributed by atoms with E-state index < -0.39 is 0 Å². The second-order valence-corrected chi connectivity index (χ2v) is 4.06. The summed E-state index contributed by atoms with van der Waals surface area (Å²) >= 11 is 6.03. The largest absolute Gasteiger partial charge is 0.290 e.